The number of hydrogen-bond acceptors (Lipinski definition) is 2. The zero-order valence-corrected chi connectivity index (χ0v) is 15.5. The maximum Gasteiger partial charge on any atom is 0.573 e. The summed E-state index contributed by atoms with van der Waals surface area (Å²) in [5, 5.41) is 0. The molecule has 0 amide bonds. The highest BCUT2D eigenvalue weighted by molar-refractivity contribution is 5.57. The minimum atomic E-state index is -4.70. The molecule has 146 valence electrons. The minimum Gasteiger partial charge on any atom is -0.406 e. The molecule has 0 radical (unpaired) electrons. The Kier molecular flexibility index (Phi) is 5.18. The van der Waals surface area contributed by atoms with E-state index >= 15 is 0 Å². The van der Waals surface area contributed by atoms with Gasteiger partial charge in [0.15, 0.2) is 0 Å². The molecule has 0 saturated heterocycles. The highest BCUT2D eigenvalue weighted by Crippen LogP contribution is 2.34. The van der Waals surface area contributed by atoms with Crippen molar-refractivity contribution < 1.29 is 17.9 Å². The normalized spacial score (nSPS) is 15.8. The van der Waals surface area contributed by atoms with Gasteiger partial charge in [0, 0.05) is 17.8 Å². The van der Waals surface area contributed by atoms with Gasteiger partial charge < -0.3 is 9.64 Å². The van der Waals surface area contributed by atoms with Gasteiger partial charge in [0.2, 0.25) is 0 Å². The van der Waals surface area contributed by atoms with E-state index in [-0.39, 0.29) is 11.8 Å². The third-order valence-corrected chi connectivity index (χ3v) is 4.81. The summed E-state index contributed by atoms with van der Waals surface area (Å²) < 4.78 is 41.3. The van der Waals surface area contributed by atoms with E-state index < -0.39 is 6.36 Å². The van der Waals surface area contributed by atoms with Crippen LogP contribution in [0.3, 0.4) is 0 Å². The summed E-state index contributed by atoms with van der Waals surface area (Å²) in [5.41, 5.74) is 4.09. The third-order valence-electron chi connectivity index (χ3n) is 4.81. The van der Waals surface area contributed by atoms with Gasteiger partial charge >= 0.3 is 6.36 Å². The molecule has 0 fully saturated rings. The van der Waals surface area contributed by atoms with Crippen LogP contribution < -0.4 is 9.64 Å². The molecule has 29 heavy (non-hydrogen) atoms. The molecule has 0 bridgehead atoms. The van der Waals surface area contributed by atoms with E-state index in [9.17, 15) is 13.2 Å². The average molecular weight is 393 g/mol. The lowest BCUT2D eigenvalue weighted by Gasteiger charge is -2.36. The Bertz CT molecular complexity index is 1030. The summed E-state index contributed by atoms with van der Waals surface area (Å²) in [7, 11) is 0. The molecule has 1 aliphatic rings. The van der Waals surface area contributed by atoms with E-state index in [1.165, 1.54) is 17.7 Å². The van der Waals surface area contributed by atoms with Crippen molar-refractivity contribution in [2.75, 3.05) is 11.4 Å². The highest BCUT2D eigenvalue weighted by atomic mass is 19.4. The second kappa shape index (κ2) is 7.92. The van der Waals surface area contributed by atoms with E-state index in [1.54, 1.807) is 12.1 Å². The lowest BCUT2D eigenvalue weighted by Crippen LogP contribution is -2.34. The summed E-state index contributed by atoms with van der Waals surface area (Å²) in [5.74, 6) is 6.36. The van der Waals surface area contributed by atoms with Crippen LogP contribution in [0.2, 0.25) is 0 Å². The molecule has 0 aliphatic carbocycles. The maximum atomic E-state index is 12.4. The summed E-state index contributed by atoms with van der Waals surface area (Å²) in [6.07, 6.45) is -3.85. The Morgan fingerprint density at radius 1 is 0.862 bits per heavy atom. The number of benzene rings is 3. The summed E-state index contributed by atoms with van der Waals surface area (Å²) in [6.45, 7) is 0.727. The molecule has 4 rings (SSSR count). The van der Waals surface area contributed by atoms with Crippen LogP contribution >= 0.6 is 0 Å². The first-order chi connectivity index (χ1) is 14.0. The predicted octanol–water partition coefficient (Wildman–Crippen LogP) is 5.74. The number of ether oxygens (including phenoxy) is 1. The van der Waals surface area contributed by atoms with Gasteiger partial charge in [-0.25, -0.2) is 0 Å². The Hall–Kier alpha value is -3.39. The van der Waals surface area contributed by atoms with E-state index in [2.05, 4.69) is 33.6 Å². The Balaban J connectivity index is 1.67. The lowest BCUT2D eigenvalue weighted by molar-refractivity contribution is -0.274. The van der Waals surface area contributed by atoms with Crippen LogP contribution in [-0.2, 0) is 6.42 Å². The monoisotopic (exact) mass is 393 g/mol. The van der Waals surface area contributed by atoms with Crippen LogP contribution in [0.4, 0.5) is 18.9 Å². The lowest BCUT2D eigenvalue weighted by atomic mass is 9.92. The number of nitrogens with zero attached hydrogens (tertiary/aromatic N) is 1. The smallest absolute Gasteiger partial charge is 0.406 e. The van der Waals surface area contributed by atoms with Gasteiger partial charge in [-0.3, -0.25) is 0 Å². The van der Waals surface area contributed by atoms with Crippen molar-refractivity contribution in [2.45, 2.75) is 18.8 Å². The van der Waals surface area contributed by atoms with Gasteiger partial charge in [-0.15, -0.1) is 13.2 Å². The highest BCUT2D eigenvalue weighted by Gasteiger charge is 2.31. The molecule has 1 aliphatic heterocycles. The van der Waals surface area contributed by atoms with Crippen molar-refractivity contribution in [2.24, 2.45) is 0 Å². The number of fused-ring (bicyclic) bond motifs is 1. The zero-order chi connectivity index (χ0) is 20.3. The summed E-state index contributed by atoms with van der Waals surface area (Å²) >= 11 is 0. The molecular weight excluding hydrogens is 375 g/mol. The number of anilines is 1. The van der Waals surface area contributed by atoms with Crippen molar-refractivity contribution in [3.05, 3.63) is 95.6 Å². The van der Waals surface area contributed by atoms with Gasteiger partial charge in [0.05, 0.1) is 0 Å². The topological polar surface area (TPSA) is 12.5 Å². The van der Waals surface area contributed by atoms with E-state index in [1.807, 2.05) is 42.5 Å². The molecule has 1 unspecified atom stereocenters. The SMILES string of the molecule is FC(F)(F)Oc1ccc(N2CCc3ccccc3C2C#Cc2ccccc2)cc1. The fourth-order valence-electron chi connectivity index (χ4n) is 3.51. The molecule has 2 nitrogen and oxygen atoms in total. The number of alkyl halides is 3. The van der Waals surface area contributed by atoms with E-state index in [0.29, 0.717) is 0 Å². The first kappa shape index (κ1) is 18.9. The molecule has 0 saturated carbocycles. The molecule has 3 aromatic carbocycles. The van der Waals surface area contributed by atoms with Crippen molar-refractivity contribution in [3.63, 3.8) is 0 Å². The molecule has 0 spiro atoms. The fourth-order valence-corrected chi connectivity index (χ4v) is 3.51. The Labute approximate surface area is 167 Å². The van der Waals surface area contributed by atoms with Crippen LogP contribution in [0.15, 0.2) is 78.9 Å². The van der Waals surface area contributed by atoms with Crippen molar-refractivity contribution in [1.82, 2.24) is 0 Å². The maximum absolute atomic E-state index is 12.4. The number of halogens is 3. The Morgan fingerprint density at radius 2 is 1.55 bits per heavy atom. The summed E-state index contributed by atoms with van der Waals surface area (Å²) in [4.78, 5) is 2.12. The van der Waals surface area contributed by atoms with Crippen LogP contribution in [0, 0.1) is 11.8 Å². The second-order valence-corrected chi connectivity index (χ2v) is 6.72. The molecule has 5 heteroatoms. The molecule has 0 N–H and O–H groups in total. The standard InChI is InChI=1S/C24H18F3NO/c25-24(26,27)29-21-13-11-20(12-14-21)28-17-16-19-8-4-5-9-22(19)23(28)15-10-18-6-2-1-3-7-18/h1-9,11-14,23H,16-17H2. The van der Waals surface area contributed by atoms with Crippen LogP contribution in [0.25, 0.3) is 0 Å². The number of rotatable bonds is 2. The van der Waals surface area contributed by atoms with Crippen molar-refractivity contribution in [3.8, 4) is 17.6 Å². The number of hydrogen-bond donors (Lipinski definition) is 0. The van der Waals surface area contributed by atoms with Crippen molar-refractivity contribution in [1.29, 1.82) is 0 Å². The van der Waals surface area contributed by atoms with Crippen LogP contribution in [0.1, 0.15) is 22.7 Å². The molecule has 3 aromatic rings. The first-order valence-corrected chi connectivity index (χ1v) is 9.26. The fraction of sp³-hybridized carbons (Fsp3) is 0.167. The summed E-state index contributed by atoms with van der Waals surface area (Å²) in [6, 6.07) is 23.7. The van der Waals surface area contributed by atoms with Crippen molar-refractivity contribution >= 4 is 5.69 Å². The van der Waals surface area contributed by atoms with Crippen LogP contribution in [0.5, 0.6) is 5.75 Å². The quantitative estimate of drug-likeness (QED) is 0.515. The Morgan fingerprint density at radius 3 is 2.28 bits per heavy atom. The first-order valence-electron chi connectivity index (χ1n) is 9.26. The van der Waals surface area contributed by atoms with Gasteiger partial charge in [0.25, 0.3) is 0 Å². The van der Waals surface area contributed by atoms with Gasteiger partial charge in [-0.05, 0) is 53.9 Å². The predicted molar refractivity (Wildman–Crippen MR) is 107 cm³/mol. The molecule has 1 atom stereocenters. The van der Waals surface area contributed by atoms with Gasteiger partial charge in [0.1, 0.15) is 11.8 Å². The van der Waals surface area contributed by atoms with E-state index in [4.69, 9.17) is 0 Å². The van der Waals surface area contributed by atoms with E-state index in [0.717, 1.165) is 29.8 Å². The minimum absolute atomic E-state index is 0.186. The third kappa shape index (κ3) is 4.55. The second-order valence-electron chi connectivity index (χ2n) is 6.72. The molecule has 1 heterocycles. The van der Waals surface area contributed by atoms with Gasteiger partial charge in [-0.2, -0.15) is 0 Å². The zero-order valence-electron chi connectivity index (χ0n) is 15.5. The molecule has 0 aromatic heterocycles. The largest absolute Gasteiger partial charge is 0.573 e. The van der Waals surface area contributed by atoms with Crippen LogP contribution in [-0.4, -0.2) is 12.9 Å². The average Bonchev–Trinajstić information content (AvgIpc) is 2.72. The van der Waals surface area contributed by atoms with Gasteiger partial charge in [-0.1, -0.05) is 54.3 Å². The molecular formula is C24H18F3NO.